The van der Waals surface area contributed by atoms with Gasteiger partial charge in [0.25, 0.3) is 0 Å². The fourth-order valence-electron chi connectivity index (χ4n) is 1.87. The number of hydrogen-bond donors (Lipinski definition) is 1. The summed E-state index contributed by atoms with van der Waals surface area (Å²) in [4.78, 5) is 22.6. The van der Waals surface area contributed by atoms with Crippen LogP contribution in [0, 0.1) is 0 Å². The van der Waals surface area contributed by atoms with Crippen molar-refractivity contribution in [3.8, 4) is 0 Å². The molecule has 1 aliphatic rings. The minimum absolute atomic E-state index is 0.132. The number of amides is 1. The zero-order valence-electron chi connectivity index (χ0n) is 8.91. The predicted molar refractivity (Wildman–Crippen MR) is 56.0 cm³/mol. The van der Waals surface area contributed by atoms with E-state index in [1.807, 2.05) is 0 Å². The fraction of sp³-hybridized carbons (Fsp3) is 0.400. The van der Waals surface area contributed by atoms with Gasteiger partial charge in [-0.1, -0.05) is 0 Å². The zero-order valence-corrected chi connectivity index (χ0v) is 9.73. The molecule has 8 heteroatoms. The third kappa shape index (κ3) is 2.20. The summed E-state index contributed by atoms with van der Waals surface area (Å²) in [6, 6.07) is 0. The number of fused-ring (bicyclic) bond motifs is 1. The van der Waals surface area contributed by atoms with Gasteiger partial charge in [0.05, 0.1) is 5.56 Å². The number of thiophene rings is 1. The van der Waals surface area contributed by atoms with E-state index in [9.17, 15) is 22.8 Å². The number of aryl methyl sites for hydroxylation is 1. The Balaban J connectivity index is 2.24. The van der Waals surface area contributed by atoms with E-state index in [2.05, 4.69) is 4.74 Å². The molecule has 2 rings (SSSR count). The SMILES string of the molecule is NC(=O)c1csc2c1C(OC(=O)C(F)(F)F)CC2. The minimum atomic E-state index is -5.04. The van der Waals surface area contributed by atoms with Crippen molar-refractivity contribution < 1.29 is 27.5 Å². The summed E-state index contributed by atoms with van der Waals surface area (Å²) >= 11 is 1.23. The van der Waals surface area contributed by atoms with E-state index < -0.39 is 24.2 Å². The Bertz CT molecular complexity index is 509. The van der Waals surface area contributed by atoms with Gasteiger partial charge >= 0.3 is 12.1 Å². The Hall–Kier alpha value is -1.57. The molecule has 0 aromatic carbocycles. The summed E-state index contributed by atoms with van der Waals surface area (Å²) in [7, 11) is 0. The van der Waals surface area contributed by atoms with Crippen LogP contribution in [0.25, 0.3) is 0 Å². The van der Waals surface area contributed by atoms with Gasteiger partial charge in [0.1, 0.15) is 6.10 Å². The molecule has 1 amide bonds. The summed E-state index contributed by atoms with van der Waals surface area (Å²) in [5.74, 6) is -2.98. The standard InChI is InChI=1S/C10H8F3NO3S/c11-10(12,13)9(16)17-5-1-2-6-7(5)4(3-18-6)8(14)15/h3,5H,1-2H2,(H2,14,15). The van der Waals surface area contributed by atoms with E-state index in [0.717, 1.165) is 4.88 Å². The topological polar surface area (TPSA) is 69.4 Å². The van der Waals surface area contributed by atoms with Crippen LogP contribution in [0.1, 0.15) is 33.3 Å². The molecule has 0 spiro atoms. The van der Waals surface area contributed by atoms with Gasteiger partial charge in [-0.2, -0.15) is 13.2 Å². The Morgan fingerprint density at radius 3 is 2.67 bits per heavy atom. The Morgan fingerprint density at radius 2 is 2.11 bits per heavy atom. The largest absolute Gasteiger partial charge is 0.490 e. The maximum atomic E-state index is 12.1. The van der Waals surface area contributed by atoms with Gasteiger partial charge in [-0.05, 0) is 12.8 Å². The lowest BCUT2D eigenvalue weighted by atomic mass is 10.1. The van der Waals surface area contributed by atoms with Crippen LogP contribution in [0.2, 0.25) is 0 Å². The molecule has 0 aliphatic heterocycles. The van der Waals surface area contributed by atoms with E-state index >= 15 is 0 Å². The molecule has 1 aromatic rings. The molecule has 0 saturated heterocycles. The van der Waals surface area contributed by atoms with Crippen LogP contribution in [0.15, 0.2) is 5.38 Å². The van der Waals surface area contributed by atoms with Crippen LogP contribution in [0.5, 0.6) is 0 Å². The van der Waals surface area contributed by atoms with E-state index in [-0.39, 0.29) is 12.0 Å². The average molecular weight is 279 g/mol. The monoisotopic (exact) mass is 279 g/mol. The number of rotatable bonds is 2. The van der Waals surface area contributed by atoms with Gasteiger partial charge in [-0.25, -0.2) is 4.79 Å². The Labute approximate surface area is 104 Å². The highest BCUT2D eigenvalue weighted by Gasteiger charge is 2.44. The number of hydrogen-bond acceptors (Lipinski definition) is 4. The van der Waals surface area contributed by atoms with E-state index in [0.29, 0.717) is 12.0 Å². The van der Waals surface area contributed by atoms with Crippen molar-refractivity contribution in [3.63, 3.8) is 0 Å². The Morgan fingerprint density at radius 1 is 1.44 bits per heavy atom. The second kappa shape index (κ2) is 4.27. The number of carbonyl (C=O) groups is 2. The number of carbonyl (C=O) groups excluding carboxylic acids is 2. The lowest BCUT2D eigenvalue weighted by Crippen LogP contribution is -2.27. The third-order valence-corrected chi connectivity index (χ3v) is 3.67. The lowest BCUT2D eigenvalue weighted by molar-refractivity contribution is -0.205. The molecule has 18 heavy (non-hydrogen) atoms. The molecule has 4 nitrogen and oxygen atoms in total. The average Bonchev–Trinajstić information content (AvgIpc) is 2.78. The van der Waals surface area contributed by atoms with E-state index in [4.69, 9.17) is 5.73 Å². The summed E-state index contributed by atoms with van der Waals surface area (Å²) in [5, 5.41) is 1.47. The second-order valence-corrected chi connectivity index (χ2v) is 4.75. The summed E-state index contributed by atoms with van der Waals surface area (Å²) in [5.41, 5.74) is 5.57. The smallest absolute Gasteiger partial charge is 0.451 e. The predicted octanol–water partition coefficient (Wildman–Crippen LogP) is 1.94. The minimum Gasteiger partial charge on any atom is -0.451 e. The first kappa shape index (κ1) is 12.9. The molecule has 98 valence electrons. The number of alkyl halides is 3. The molecule has 1 atom stereocenters. The van der Waals surface area contributed by atoms with Crippen molar-refractivity contribution in [1.29, 1.82) is 0 Å². The summed E-state index contributed by atoms with van der Waals surface area (Å²) in [6.07, 6.45) is -5.36. The van der Waals surface area contributed by atoms with Crippen molar-refractivity contribution in [2.45, 2.75) is 25.1 Å². The van der Waals surface area contributed by atoms with Crippen molar-refractivity contribution >= 4 is 23.2 Å². The molecular formula is C10H8F3NO3S. The number of primary amides is 1. The van der Waals surface area contributed by atoms with Gasteiger partial charge < -0.3 is 10.5 Å². The maximum Gasteiger partial charge on any atom is 0.490 e. The fourth-order valence-corrected chi connectivity index (χ4v) is 2.97. The molecule has 1 aromatic heterocycles. The molecule has 0 fully saturated rings. The molecule has 0 saturated carbocycles. The molecule has 0 bridgehead atoms. The van der Waals surface area contributed by atoms with Crippen LogP contribution in [-0.2, 0) is 16.0 Å². The van der Waals surface area contributed by atoms with Crippen LogP contribution < -0.4 is 5.73 Å². The number of ether oxygens (including phenoxy) is 1. The number of nitrogens with two attached hydrogens (primary N) is 1. The molecule has 0 radical (unpaired) electrons. The highest BCUT2D eigenvalue weighted by molar-refractivity contribution is 7.10. The highest BCUT2D eigenvalue weighted by Crippen LogP contribution is 2.41. The molecule has 1 aliphatic carbocycles. The molecule has 1 unspecified atom stereocenters. The van der Waals surface area contributed by atoms with Gasteiger partial charge in [0.15, 0.2) is 0 Å². The van der Waals surface area contributed by atoms with Crippen molar-refractivity contribution in [2.24, 2.45) is 5.73 Å². The van der Waals surface area contributed by atoms with Gasteiger partial charge in [-0.3, -0.25) is 4.79 Å². The molecule has 2 N–H and O–H groups in total. The molecular weight excluding hydrogens is 271 g/mol. The second-order valence-electron chi connectivity index (χ2n) is 3.78. The van der Waals surface area contributed by atoms with E-state index in [1.165, 1.54) is 16.7 Å². The van der Waals surface area contributed by atoms with Crippen molar-refractivity contribution in [3.05, 3.63) is 21.4 Å². The highest BCUT2D eigenvalue weighted by atomic mass is 32.1. The van der Waals surface area contributed by atoms with Crippen molar-refractivity contribution in [1.82, 2.24) is 0 Å². The quantitative estimate of drug-likeness (QED) is 0.841. The van der Waals surface area contributed by atoms with Crippen LogP contribution >= 0.6 is 11.3 Å². The first-order valence-corrected chi connectivity index (χ1v) is 5.86. The van der Waals surface area contributed by atoms with Crippen LogP contribution in [0.3, 0.4) is 0 Å². The van der Waals surface area contributed by atoms with Crippen LogP contribution in [0.4, 0.5) is 13.2 Å². The van der Waals surface area contributed by atoms with Crippen LogP contribution in [-0.4, -0.2) is 18.1 Å². The third-order valence-electron chi connectivity index (χ3n) is 2.61. The maximum absolute atomic E-state index is 12.1. The van der Waals surface area contributed by atoms with Gasteiger partial charge in [0, 0.05) is 15.8 Å². The number of halogens is 3. The summed E-state index contributed by atoms with van der Waals surface area (Å²) in [6.45, 7) is 0. The lowest BCUT2D eigenvalue weighted by Gasteiger charge is -2.14. The van der Waals surface area contributed by atoms with Gasteiger partial charge in [0.2, 0.25) is 5.91 Å². The Kier molecular flexibility index (Phi) is 3.05. The number of esters is 1. The molecule has 1 heterocycles. The normalized spacial score (nSPS) is 18.5. The first-order valence-electron chi connectivity index (χ1n) is 4.98. The van der Waals surface area contributed by atoms with E-state index in [1.54, 1.807) is 0 Å². The summed E-state index contributed by atoms with van der Waals surface area (Å²) < 4.78 is 40.7. The zero-order chi connectivity index (χ0) is 13.5. The van der Waals surface area contributed by atoms with Gasteiger partial charge in [-0.15, -0.1) is 11.3 Å². The first-order chi connectivity index (χ1) is 8.30. The van der Waals surface area contributed by atoms with Crippen molar-refractivity contribution in [2.75, 3.05) is 0 Å².